The zero-order valence-electron chi connectivity index (χ0n) is 7.56. The highest BCUT2D eigenvalue weighted by atomic mass is 32.2. The normalized spacial score (nSPS) is 17.8. The van der Waals surface area contributed by atoms with E-state index in [-0.39, 0.29) is 11.7 Å². The maximum Gasteiger partial charge on any atom is 0.351 e. The first-order valence-corrected chi connectivity index (χ1v) is 5.20. The summed E-state index contributed by atoms with van der Waals surface area (Å²) in [6, 6.07) is 0. The Balaban J connectivity index is 4.13. The smallest absolute Gasteiger partial charge is 0.351 e. The highest BCUT2D eigenvalue weighted by Gasteiger charge is 2.33. The summed E-state index contributed by atoms with van der Waals surface area (Å²) in [5, 5.41) is 17.8. The summed E-state index contributed by atoms with van der Waals surface area (Å²) in [6.45, 7) is 0.460. The van der Waals surface area contributed by atoms with Crippen LogP contribution < -0.4 is 11.5 Å². The fourth-order valence-corrected chi connectivity index (χ4v) is 1.72. The molecule has 0 rings (SSSR count). The Morgan fingerprint density at radius 3 is 2.54 bits per heavy atom. The summed E-state index contributed by atoms with van der Waals surface area (Å²) in [7, 11) is 0. The van der Waals surface area contributed by atoms with E-state index in [1.165, 1.54) is 11.8 Å². The lowest BCUT2D eigenvalue weighted by atomic mass is 10.1. The summed E-state index contributed by atoms with van der Waals surface area (Å²) in [6.07, 6.45) is 2.49. The standard InChI is InChI=1S/C7H16N2O3S/c1-13-5(2-3-8)4-7(9,12)6(10)11/h5,12H,2-4,8-9H2,1H3,(H,10,11)/t5?,7-/m1/s1. The predicted octanol–water partition coefficient (Wildman–Crippen LogP) is -0.811. The van der Waals surface area contributed by atoms with Gasteiger partial charge in [-0.1, -0.05) is 0 Å². The van der Waals surface area contributed by atoms with Crippen LogP contribution in [0.15, 0.2) is 0 Å². The molecular formula is C7H16N2O3S. The molecule has 78 valence electrons. The van der Waals surface area contributed by atoms with Gasteiger partial charge < -0.3 is 15.9 Å². The Labute approximate surface area is 81.5 Å². The average molecular weight is 208 g/mol. The second-order valence-corrected chi connectivity index (χ2v) is 4.01. The number of aliphatic carboxylic acids is 1. The summed E-state index contributed by atoms with van der Waals surface area (Å²) >= 11 is 1.46. The first-order valence-electron chi connectivity index (χ1n) is 3.91. The van der Waals surface area contributed by atoms with Crippen LogP contribution in [0, 0.1) is 0 Å². The van der Waals surface area contributed by atoms with Gasteiger partial charge in [-0.15, -0.1) is 0 Å². The van der Waals surface area contributed by atoms with E-state index in [2.05, 4.69) is 0 Å². The van der Waals surface area contributed by atoms with E-state index in [1.54, 1.807) is 0 Å². The van der Waals surface area contributed by atoms with Crippen LogP contribution in [0.1, 0.15) is 12.8 Å². The van der Waals surface area contributed by atoms with E-state index >= 15 is 0 Å². The van der Waals surface area contributed by atoms with Crippen LogP contribution in [0.25, 0.3) is 0 Å². The molecule has 0 saturated carbocycles. The van der Waals surface area contributed by atoms with Crippen LogP contribution in [-0.2, 0) is 4.79 Å². The van der Waals surface area contributed by atoms with E-state index in [0.717, 1.165) is 0 Å². The number of thioether (sulfide) groups is 1. The molecule has 0 aromatic carbocycles. The van der Waals surface area contributed by atoms with Crippen LogP contribution in [0.3, 0.4) is 0 Å². The Morgan fingerprint density at radius 1 is 1.69 bits per heavy atom. The lowest BCUT2D eigenvalue weighted by Gasteiger charge is -2.22. The van der Waals surface area contributed by atoms with Gasteiger partial charge in [0.1, 0.15) is 0 Å². The minimum absolute atomic E-state index is 0.0146. The SMILES string of the molecule is CSC(CCN)C[C@@](N)(O)C(=O)O. The van der Waals surface area contributed by atoms with Gasteiger partial charge in [0.2, 0.25) is 5.72 Å². The number of carboxylic acids is 1. The van der Waals surface area contributed by atoms with Gasteiger partial charge in [0.25, 0.3) is 0 Å². The fraction of sp³-hybridized carbons (Fsp3) is 0.857. The summed E-state index contributed by atoms with van der Waals surface area (Å²) in [4.78, 5) is 10.5. The number of carbonyl (C=O) groups is 1. The Bertz CT molecular complexity index is 175. The fourth-order valence-electron chi connectivity index (χ4n) is 0.924. The molecule has 0 bridgehead atoms. The molecule has 0 aromatic rings. The van der Waals surface area contributed by atoms with Crippen molar-refractivity contribution in [3.8, 4) is 0 Å². The molecule has 6 N–H and O–H groups in total. The summed E-state index contributed by atoms with van der Waals surface area (Å²) in [5.41, 5.74) is 8.35. The van der Waals surface area contributed by atoms with Gasteiger partial charge in [0.15, 0.2) is 0 Å². The maximum atomic E-state index is 10.5. The van der Waals surface area contributed by atoms with Crippen molar-refractivity contribution in [1.29, 1.82) is 0 Å². The Morgan fingerprint density at radius 2 is 2.23 bits per heavy atom. The van der Waals surface area contributed by atoms with Crippen molar-refractivity contribution in [3.63, 3.8) is 0 Å². The van der Waals surface area contributed by atoms with E-state index < -0.39 is 11.7 Å². The predicted molar refractivity (Wildman–Crippen MR) is 52.4 cm³/mol. The third kappa shape index (κ3) is 4.47. The quantitative estimate of drug-likeness (QED) is 0.425. The maximum absolute atomic E-state index is 10.5. The van der Waals surface area contributed by atoms with Crippen molar-refractivity contribution >= 4 is 17.7 Å². The molecule has 0 aliphatic carbocycles. The Hall–Kier alpha value is -0.300. The highest BCUT2D eigenvalue weighted by Crippen LogP contribution is 2.19. The molecule has 0 saturated heterocycles. The van der Waals surface area contributed by atoms with Crippen molar-refractivity contribution in [1.82, 2.24) is 0 Å². The van der Waals surface area contributed by atoms with E-state index in [9.17, 15) is 9.90 Å². The number of carboxylic acid groups (broad SMARTS) is 1. The van der Waals surface area contributed by atoms with Crippen LogP contribution in [-0.4, -0.2) is 40.0 Å². The first-order chi connectivity index (χ1) is 5.94. The molecule has 0 aromatic heterocycles. The van der Waals surface area contributed by atoms with Gasteiger partial charge in [-0.05, 0) is 19.2 Å². The van der Waals surface area contributed by atoms with Crippen molar-refractivity contribution in [3.05, 3.63) is 0 Å². The average Bonchev–Trinajstić information content (AvgIpc) is 2.03. The number of hydrogen-bond acceptors (Lipinski definition) is 5. The molecule has 1 unspecified atom stereocenters. The van der Waals surface area contributed by atoms with E-state index in [4.69, 9.17) is 16.6 Å². The van der Waals surface area contributed by atoms with Gasteiger partial charge in [-0.3, -0.25) is 5.73 Å². The van der Waals surface area contributed by atoms with Gasteiger partial charge >= 0.3 is 5.97 Å². The third-order valence-electron chi connectivity index (χ3n) is 1.73. The number of nitrogens with two attached hydrogens (primary N) is 2. The molecule has 0 spiro atoms. The van der Waals surface area contributed by atoms with Crippen LogP contribution >= 0.6 is 11.8 Å². The van der Waals surface area contributed by atoms with Gasteiger partial charge in [-0.25, -0.2) is 4.79 Å². The van der Waals surface area contributed by atoms with Gasteiger partial charge in [-0.2, -0.15) is 11.8 Å². The number of rotatable bonds is 6. The lowest BCUT2D eigenvalue weighted by Crippen LogP contribution is -2.49. The molecule has 0 radical (unpaired) electrons. The van der Waals surface area contributed by atoms with Gasteiger partial charge in [0, 0.05) is 11.7 Å². The Kier molecular flexibility index (Phi) is 5.31. The molecule has 5 nitrogen and oxygen atoms in total. The van der Waals surface area contributed by atoms with Gasteiger partial charge in [0.05, 0.1) is 0 Å². The lowest BCUT2D eigenvalue weighted by molar-refractivity contribution is -0.158. The molecule has 0 amide bonds. The molecule has 6 heteroatoms. The minimum atomic E-state index is -2.14. The number of aliphatic hydroxyl groups is 1. The third-order valence-corrected chi connectivity index (χ3v) is 2.80. The molecule has 0 fully saturated rings. The molecule has 2 atom stereocenters. The van der Waals surface area contributed by atoms with Crippen LogP contribution in [0.2, 0.25) is 0 Å². The first kappa shape index (κ1) is 12.7. The van der Waals surface area contributed by atoms with Crippen LogP contribution in [0.5, 0.6) is 0 Å². The van der Waals surface area contributed by atoms with E-state index in [0.29, 0.717) is 13.0 Å². The minimum Gasteiger partial charge on any atom is -0.478 e. The second kappa shape index (κ2) is 5.43. The monoisotopic (exact) mass is 208 g/mol. The molecule has 0 aliphatic heterocycles. The van der Waals surface area contributed by atoms with Crippen molar-refractivity contribution < 1.29 is 15.0 Å². The zero-order chi connectivity index (χ0) is 10.5. The molecule has 0 heterocycles. The van der Waals surface area contributed by atoms with Crippen LogP contribution in [0.4, 0.5) is 0 Å². The van der Waals surface area contributed by atoms with Crippen molar-refractivity contribution in [2.75, 3.05) is 12.8 Å². The zero-order valence-corrected chi connectivity index (χ0v) is 8.38. The summed E-state index contributed by atoms with van der Waals surface area (Å²) in [5.74, 6) is -1.40. The largest absolute Gasteiger partial charge is 0.478 e. The molecule has 0 aliphatic rings. The van der Waals surface area contributed by atoms with Crippen molar-refractivity contribution in [2.45, 2.75) is 23.8 Å². The highest BCUT2D eigenvalue weighted by molar-refractivity contribution is 7.99. The second-order valence-electron chi connectivity index (χ2n) is 2.87. The number of hydrogen-bond donors (Lipinski definition) is 4. The van der Waals surface area contributed by atoms with Crippen molar-refractivity contribution in [2.24, 2.45) is 11.5 Å². The molecular weight excluding hydrogens is 192 g/mol. The topological polar surface area (TPSA) is 110 Å². The van der Waals surface area contributed by atoms with E-state index in [1.807, 2.05) is 6.26 Å². The molecule has 13 heavy (non-hydrogen) atoms. The summed E-state index contributed by atoms with van der Waals surface area (Å²) < 4.78 is 0.